The van der Waals surface area contributed by atoms with Crippen molar-refractivity contribution in [1.29, 1.82) is 0 Å². The standard InChI is InChI=1S/C49H56N4O8/c1-48(2,3)61-46(56)51-32-16-15-23-43(45(55)52-42(44(50)54)33-35-17-9-6-10-18-35)53(47(57)60-34-36-19-11-7-12-20-36)49(37-21-13-8-14-22-37,38-24-28-40(58-4)29-25-38)39-26-30-41(59-5)31-27-39/h6-14,17-22,24-31,42-43H,15-16,23,32-34H2,1-5H3,(H2,50,54)(H,51,56)(H,52,55)/t42-,43-/m0/s1. The second kappa shape index (κ2) is 21.4. The van der Waals surface area contributed by atoms with Gasteiger partial charge in [0.1, 0.15) is 41.3 Å². The molecule has 0 saturated carbocycles. The number of benzene rings is 5. The number of ether oxygens (including phenoxy) is 4. The number of carbonyl (C=O) groups is 4. The van der Waals surface area contributed by atoms with Gasteiger partial charge in [-0.05, 0) is 92.1 Å². The van der Waals surface area contributed by atoms with Gasteiger partial charge in [-0.2, -0.15) is 0 Å². The van der Waals surface area contributed by atoms with Crippen LogP contribution in [0.2, 0.25) is 0 Å². The van der Waals surface area contributed by atoms with Crippen LogP contribution in [-0.4, -0.2) is 67.3 Å². The largest absolute Gasteiger partial charge is 0.497 e. The monoisotopic (exact) mass is 828 g/mol. The third-order valence-corrected chi connectivity index (χ3v) is 10.1. The summed E-state index contributed by atoms with van der Waals surface area (Å²) in [4.78, 5) is 57.8. The van der Waals surface area contributed by atoms with Crippen LogP contribution in [-0.2, 0) is 37.6 Å². The smallest absolute Gasteiger partial charge is 0.412 e. The number of primary amides is 1. The van der Waals surface area contributed by atoms with Crippen molar-refractivity contribution in [3.63, 3.8) is 0 Å². The van der Waals surface area contributed by atoms with Crippen LogP contribution >= 0.6 is 0 Å². The summed E-state index contributed by atoms with van der Waals surface area (Å²) in [7, 11) is 3.14. The molecule has 0 aliphatic heterocycles. The molecule has 0 radical (unpaired) electrons. The number of nitrogens with one attached hydrogen (secondary N) is 2. The summed E-state index contributed by atoms with van der Waals surface area (Å²) in [5.41, 5.74) is 7.12. The summed E-state index contributed by atoms with van der Waals surface area (Å²) >= 11 is 0. The molecular formula is C49H56N4O8. The van der Waals surface area contributed by atoms with Crippen molar-refractivity contribution in [3.8, 4) is 11.5 Å². The van der Waals surface area contributed by atoms with Gasteiger partial charge in [-0.15, -0.1) is 0 Å². The summed E-state index contributed by atoms with van der Waals surface area (Å²) in [6.07, 6.45) is -0.395. The number of rotatable bonds is 19. The molecule has 0 aromatic heterocycles. The number of carbonyl (C=O) groups excluding carboxylic acids is 4. The molecule has 0 fully saturated rings. The Kier molecular flexibility index (Phi) is 15.9. The average molecular weight is 829 g/mol. The molecule has 0 saturated heterocycles. The molecule has 0 aliphatic carbocycles. The quantitative estimate of drug-likeness (QED) is 0.0560. The van der Waals surface area contributed by atoms with E-state index in [1.165, 1.54) is 4.90 Å². The van der Waals surface area contributed by atoms with Crippen LogP contribution in [0.25, 0.3) is 0 Å². The van der Waals surface area contributed by atoms with E-state index in [1.54, 1.807) is 59.3 Å². The van der Waals surface area contributed by atoms with Gasteiger partial charge in [0.2, 0.25) is 11.8 Å². The lowest BCUT2D eigenvalue weighted by Crippen LogP contribution is -2.61. The van der Waals surface area contributed by atoms with E-state index in [0.717, 1.165) is 11.1 Å². The van der Waals surface area contributed by atoms with Crippen LogP contribution in [0.4, 0.5) is 9.59 Å². The zero-order valence-electron chi connectivity index (χ0n) is 35.5. The highest BCUT2D eigenvalue weighted by Crippen LogP contribution is 2.46. The Morgan fingerprint density at radius 3 is 1.64 bits per heavy atom. The van der Waals surface area contributed by atoms with Crippen molar-refractivity contribution in [2.45, 2.75) is 76.3 Å². The van der Waals surface area contributed by atoms with Crippen LogP contribution < -0.4 is 25.8 Å². The van der Waals surface area contributed by atoms with Gasteiger partial charge in [0.25, 0.3) is 0 Å². The molecule has 0 unspecified atom stereocenters. The normalized spacial score (nSPS) is 12.3. The third kappa shape index (κ3) is 12.1. The van der Waals surface area contributed by atoms with Gasteiger partial charge in [-0.25, -0.2) is 9.59 Å². The second-order valence-electron chi connectivity index (χ2n) is 15.5. The molecule has 12 nitrogen and oxygen atoms in total. The molecule has 320 valence electrons. The zero-order valence-corrected chi connectivity index (χ0v) is 35.5. The van der Waals surface area contributed by atoms with Gasteiger partial charge in [0, 0.05) is 13.0 Å². The number of alkyl carbamates (subject to hydrolysis) is 1. The highest BCUT2D eigenvalue weighted by atomic mass is 16.6. The summed E-state index contributed by atoms with van der Waals surface area (Å²) in [5, 5.41) is 5.71. The molecule has 5 aromatic rings. The first kappa shape index (κ1) is 45.3. The molecule has 4 amide bonds. The minimum atomic E-state index is -1.55. The highest BCUT2D eigenvalue weighted by Gasteiger charge is 2.51. The van der Waals surface area contributed by atoms with Crippen LogP contribution in [0.3, 0.4) is 0 Å². The van der Waals surface area contributed by atoms with Crippen molar-refractivity contribution < 1.29 is 38.1 Å². The lowest BCUT2D eigenvalue weighted by atomic mass is 9.74. The first-order valence-electron chi connectivity index (χ1n) is 20.3. The Morgan fingerprint density at radius 2 is 1.15 bits per heavy atom. The summed E-state index contributed by atoms with van der Waals surface area (Å²) in [6.45, 7) is 5.48. The van der Waals surface area contributed by atoms with Crippen LogP contribution in [0.1, 0.15) is 67.9 Å². The summed E-state index contributed by atoms with van der Waals surface area (Å²) in [5.74, 6) is -0.208. The van der Waals surface area contributed by atoms with E-state index in [-0.39, 0.29) is 26.0 Å². The van der Waals surface area contributed by atoms with Crippen molar-refractivity contribution in [1.82, 2.24) is 15.5 Å². The van der Waals surface area contributed by atoms with E-state index < -0.39 is 47.2 Å². The number of methoxy groups -OCH3 is 2. The highest BCUT2D eigenvalue weighted by molar-refractivity contribution is 5.91. The Morgan fingerprint density at radius 1 is 0.656 bits per heavy atom. The fourth-order valence-electron chi connectivity index (χ4n) is 7.23. The van der Waals surface area contributed by atoms with Gasteiger partial charge in [0.05, 0.1) is 14.2 Å². The molecule has 2 atom stereocenters. The van der Waals surface area contributed by atoms with Crippen molar-refractivity contribution in [2.75, 3.05) is 20.8 Å². The van der Waals surface area contributed by atoms with E-state index >= 15 is 9.59 Å². The molecule has 0 bridgehead atoms. The molecule has 12 heteroatoms. The van der Waals surface area contributed by atoms with Gasteiger partial charge < -0.3 is 35.3 Å². The molecule has 4 N–H and O–H groups in total. The van der Waals surface area contributed by atoms with Crippen LogP contribution in [0.5, 0.6) is 11.5 Å². The van der Waals surface area contributed by atoms with Gasteiger partial charge >= 0.3 is 12.2 Å². The molecule has 0 aliphatic rings. The number of nitrogens with two attached hydrogens (primary N) is 1. The molecular weight excluding hydrogens is 773 g/mol. The van der Waals surface area contributed by atoms with Crippen LogP contribution in [0.15, 0.2) is 140 Å². The van der Waals surface area contributed by atoms with E-state index in [1.807, 2.05) is 115 Å². The Labute approximate surface area is 358 Å². The maximum Gasteiger partial charge on any atom is 0.412 e. The molecule has 0 heterocycles. The lowest BCUT2D eigenvalue weighted by Gasteiger charge is -2.48. The van der Waals surface area contributed by atoms with E-state index in [4.69, 9.17) is 24.7 Å². The number of unbranched alkanes of at least 4 members (excludes halogenated alkanes) is 1. The predicted octanol–water partition coefficient (Wildman–Crippen LogP) is 7.91. The number of amides is 4. The maximum atomic E-state index is 15.4. The summed E-state index contributed by atoms with van der Waals surface area (Å²) in [6, 6.07) is 40.1. The Bertz CT molecular complexity index is 2110. The number of hydrogen-bond donors (Lipinski definition) is 3. The summed E-state index contributed by atoms with van der Waals surface area (Å²) < 4.78 is 22.8. The molecule has 0 spiro atoms. The van der Waals surface area contributed by atoms with Crippen LogP contribution in [0, 0.1) is 0 Å². The van der Waals surface area contributed by atoms with Crippen molar-refractivity contribution in [3.05, 3.63) is 167 Å². The third-order valence-electron chi connectivity index (χ3n) is 10.1. The predicted molar refractivity (Wildman–Crippen MR) is 234 cm³/mol. The lowest BCUT2D eigenvalue weighted by molar-refractivity contribution is -0.132. The number of hydrogen-bond acceptors (Lipinski definition) is 8. The molecule has 61 heavy (non-hydrogen) atoms. The SMILES string of the molecule is COc1ccc(C(c2ccccc2)(c2ccc(OC)cc2)N(C(=O)OCc2ccccc2)[C@@H](CCCCNC(=O)OC(C)(C)C)C(=O)N[C@@H](Cc2ccccc2)C(N)=O)cc1. The van der Waals surface area contributed by atoms with E-state index in [9.17, 15) is 9.59 Å². The van der Waals surface area contributed by atoms with Gasteiger partial charge in [-0.1, -0.05) is 115 Å². The molecule has 5 rings (SSSR count). The first-order valence-corrected chi connectivity index (χ1v) is 20.3. The zero-order chi connectivity index (χ0) is 43.8. The second-order valence-corrected chi connectivity index (χ2v) is 15.5. The molecule has 5 aromatic carbocycles. The van der Waals surface area contributed by atoms with Gasteiger partial charge in [0.15, 0.2) is 0 Å². The fourth-order valence-corrected chi connectivity index (χ4v) is 7.23. The van der Waals surface area contributed by atoms with E-state index in [2.05, 4.69) is 10.6 Å². The van der Waals surface area contributed by atoms with E-state index in [0.29, 0.717) is 41.0 Å². The van der Waals surface area contributed by atoms with Gasteiger partial charge in [-0.3, -0.25) is 14.5 Å². The van der Waals surface area contributed by atoms with Crippen molar-refractivity contribution in [2.24, 2.45) is 5.73 Å². The average Bonchev–Trinajstić information content (AvgIpc) is 3.26. The number of nitrogens with zero attached hydrogens (tertiary/aromatic N) is 1. The maximum absolute atomic E-state index is 15.4. The minimum absolute atomic E-state index is 0.0833. The fraction of sp³-hybridized carbons (Fsp3) is 0.306. The van der Waals surface area contributed by atoms with Crippen molar-refractivity contribution >= 4 is 24.0 Å². The Hall–Kier alpha value is -6.82. The topological polar surface area (TPSA) is 159 Å². The Balaban J connectivity index is 1.72. The first-order chi connectivity index (χ1) is 29.3. The minimum Gasteiger partial charge on any atom is -0.497 e.